The maximum absolute atomic E-state index is 15.0. The maximum Gasteiger partial charge on any atom is 0.511 e. The molecule has 2 heterocycles. The Bertz CT molecular complexity index is 1320. The topological polar surface area (TPSA) is 97.2 Å². The van der Waals surface area contributed by atoms with Crippen molar-refractivity contribution in [1.82, 2.24) is 14.8 Å². The van der Waals surface area contributed by atoms with Gasteiger partial charge in [0.05, 0.1) is 24.0 Å². The third kappa shape index (κ3) is 3.43. The molecular weight excluding hydrogens is 389 g/mol. The third-order valence-corrected chi connectivity index (χ3v) is 4.96. The Kier molecular flexibility index (Phi) is 4.83. The lowest BCUT2D eigenvalue weighted by molar-refractivity contribution is 0.144. The van der Waals surface area contributed by atoms with Gasteiger partial charge in [-0.3, -0.25) is 9.89 Å². The molecule has 0 saturated heterocycles. The summed E-state index contributed by atoms with van der Waals surface area (Å²) in [6.07, 6.45) is -0.299. The van der Waals surface area contributed by atoms with Gasteiger partial charge in [0, 0.05) is 22.2 Å². The standard InChI is InChI=1S/C22H18FN3O4/c1-12-20(13(2)25-24-12)14-7-8-15(17(23)9-14)10-26-11-19(30-22(28)29)21(27)16-5-3-4-6-18(16)26/h3-9,11H,10H2,1-2H3,(H,24,25)(H,28,29). The highest BCUT2D eigenvalue weighted by molar-refractivity contribution is 5.81. The van der Waals surface area contributed by atoms with E-state index in [-0.39, 0.29) is 17.7 Å². The minimum Gasteiger partial charge on any atom is -0.449 e. The number of H-pyrrole nitrogens is 1. The van der Waals surface area contributed by atoms with E-state index in [4.69, 9.17) is 5.11 Å². The first kappa shape index (κ1) is 19.4. The number of fused-ring (bicyclic) bond motifs is 1. The Morgan fingerprint density at radius 1 is 1.23 bits per heavy atom. The molecule has 30 heavy (non-hydrogen) atoms. The smallest absolute Gasteiger partial charge is 0.449 e. The van der Waals surface area contributed by atoms with E-state index in [1.54, 1.807) is 34.9 Å². The number of pyridine rings is 1. The fraction of sp³-hybridized carbons (Fsp3) is 0.136. The fourth-order valence-electron chi connectivity index (χ4n) is 3.61. The Morgan fingerprint density at radius 2 is 2.00 bits per heavy atom. The number of nitrogens with zero attached hydrogens (tertiary/aromatic N) is 2. The monoisotopic (exact) mass is 407 g/mol. The van der Waals surface area contributed by atoms with Crippen molar-refractivity contribution in [1.29, 1.82) is 0 Å². The molecule has 0 aliphatic carbocycles. The number of halogens is 1. The van der Waals surface area contributed by atoms with Crippen LogP contribution in [0.2, 0.25) is 0 Å². The Morgan fingerprint density at radius 3 is 2.67 bits per heavy atom. The number of nitrogens with one attached hydrogen (secondary N) is 1. The first-order chi connectivity index (χ1) is 14.3. The summed E-state index contributed by atoms with van der Waals surface area (Å²) < 4.78 is 21.2. The van der Waals surface area contributed by atoms with Crippen molar-refractivity contribution in [3.63, 3.8) is 0 Å². The molecule has 4 rings (SSSR count). The van der Waals surface area contributed by atoms with Crippen molar-refractivity contribution in [3.8, 4) is 16.9 Å². The first-order valence-electron chi connectivity index (χ1n) is 9.18. The number of hydrogen-bond acceptors (Lipinski definition) is 4. The highest BCUT2D eigenvalue weighted by Crippen LogP contribution is 2.27. The van der Waals surface area contributed by atoms with E-state index in [9.17, 15) is 14.0 Å². The van der Waals surface area contributed by atoms with Gasteiger partial charge in [-0.05, 0) is 37.6 Å². The van der Waals surface area contributed by atoms with Crippen LogP contribution in [0.3, 0.4) is 0 Å². The molecule has 7 nitrogen and oxygen atoms in total. The summed E-state index contributed by atoms with van der Waals surface area (Å²) in [6, 6.07) is 11.6. The molecule has 0 amide bonds. The van der Waals surface area contributed by atoms with Gasteiger partial charge in [0.1, 0.15) is 5.82 Å². The molecule has 152 valence electrons. The van der Waals surface area contributed by atoms with Gasteiger partial charge in [-0.15, -0.1) is 0 Å². The number of hydrogen-bond donors (Lipinski definition) is 2. The number of carboxylic acid groups (broad SMARTS) is 1. The molecule has 0 radical (unpaired) electrons. The predicted octanol–water partition coefficient (Wildman–Crippen LogP) is 4.25. The number of carbonyl (C=O) groups is 1. The van der Waals surface area contributed by atoms with Crippen molar-refractivity contribution in [3.05, 3.63) is 81.7 Å². The van der Waals surface area contributed by atoms with Gasteiger partial charge >= 0.3 is 6.16 Å². The molecule has 2 N–H and O–H groups in total. The van der Waals surface area contributed by atoms with Crippen LogP contribution in [-0.4, -0.2) is 26.0 Å². The predicted molar refractivity (Wildman–Crippen MR) is 109 cm³/mol. The summed E-state index contributed by atoms with van der Waals surface area (Å²) in [5, 5.41) is 16.2. The van der Waals surface area contributed by atoms with Crippen LogP contribution in [0.25, 0.3) is 22.0 Å². The van der Waals surface area contributed by atoms with Crippen LogP contribution in [0.5, 0.6) is 5.75 Å². The second-order valence-electron chi connectivity index (χ2n) is 6.95. The highest BCUT2D eigenvalue weighted by atomic mass is 19.1. The lowest BCUT2D eigenvalue weighted by Crippen LogP contribution is -2.17. The van der Waals surface area contributed by atoms with Crippen LogP contribution < -0.4 is 10.2 Å². The zero-order valence-electron chi connectivity index (χ0n) is 16.3. The highest BCUT2D eigenvalue weighted by Gasteiger charge is 2.15. The number of rotatable bonds is 4. The summed E-state index contributed by atoms with van der Waals surface area (Å²) in [5.41, 5.74) is 3.58. The van der Waals surface area contributed by atoms with E-state index in [1.807, 2.05) is 19.9 Å². The zero-order valence-corrected chi connectivity index (χ0v) is 16.3. The van der Waals surface area contributed by atoms with Crippen molar-refractivity contribution >= 4 is 17.1 Å². The van der Waals surface area contributed by atoms with E-state index in [0.29, 0.717) is 16.6 Å². The molecule has 0 aliphatic rings. The molecule has 2 aromatic heterocycles. The molecule has 8 heteroatoms. The Balaban J connectivity index is 1.78. The summed E-state index contributed by atoms with van der Waals surface area (Å²) in [4.78, 5) is 23.4. The quantitative estimate of drug-likeness (QED) is 0.493. The summed E-state index contributed by atoms with van der Waals surface area (Å²) in [5.74, 6) is -0.751. The Labute approximate surface area is 170 Å². The lowest BCUT2D eigenvalue weighted by atomic mass is 10.0. The molecule has 0 aliphatic heterocycles. The van der Waals surface area contributed by atoms with Crippen LogP contribution in [0.1, 0.15) is 17.0 Å². The van der Waals surface area contributed by atoms with Gasteiger partial charge in [0.2, 0.25) is 5.43 Å². The van der Waals surface area contributed by atoms with E-state index in [1.165, 1.54) is 12.3 Å². The van der Waals surface area contributed by atoms with Crippen molar-refractivity contribution in [2.24, 2.45) is 0 Å². The maximum atomic E-state index is 15.0. The Hall–Kier alpha value is -3.94. The average Bonchev–Trinajstić information content (AvgIpc) is 3.05. The van der Waals surface area contributed by atoms with Gasteiger partial charge < -0.3 is 14.4 Å². The van der Waals surface area contributed by atoms with E-state index < -0.39 is 17.4 Å². The van der Waals surface area contributed by atoms with Crippen LogP contribution in [0, 0.1) is 19.7 Å². The van der Waals surface area contributed by atoms with Gasteiger partial charge in [-0.25, -0.2) is 9.18 Å². The number of aryl methyl sites for hydroxylation is 2. The number of aromatic nitrogens is 3. The zero-order chi connectivity index (χ0) is 21.4. The van der Waals surface area contributed by atoms with Crippen molar-refractivity contribution in [2.45, 2.75) is 20.4 Å². The molecule has 2 aromatic carbocycles. The summed E-state index contributed by atoms with van der Waals surface area (Å²) >= 11 is 0. The normalized spacial score (nSPS) is 11.0. The largest absolute Gasteiger partial charge is 0.511 e. The van der Waals surface area contributed by atoms with Crippen LogP contribution in [-0.2, 0) is 6.54 Å². The molecule has 0 unspecified atom stereocenters. The van der Waals surface area contributed by atoms with Gasteiger partial charge in [0.25, 0.3) is 0 Å². The molecule has 0 atom stereocenters. The number of benzene rings is 2. The van der Waals surface area contributed by atoms with Crippen molar-refractivity contribution < 1.29 is 19.0 Å². The van der Waals surface area contributed by atoms with Gasteiger partial charge in [0.15, 0.2) is 5.75 Å². The third-order valence-electron chi connectivity index (χ3n) is 4.96. The van der Waals surface area contributed by atoms with Crippen LogP contribution >= 0.6 is 0 Å². The minimum absolute atomic E-state index is 0.0895. The average molecular weight is 407 g/mol. The van der Waals surface area contributed by atoms with Crippen LogP contribution in [0.4, 0.5) is 9.18 Å². The number of para-hydroxylation sites is 1. The molecule has 0 bridgehead atoms. The fourth-order valence-corrected chi connectivity index (χ4v) is 3.61. The first-order valence-corrected chi connectivity index (χ1v) is 9.18. The van der Waals surface area contributed by atoms with Crippen molar-refractivity contribution in [2.75, 3.05) is 0 Å². The minimum atomic E-state index is -1.59. The van der Waals surface area contributed by atoms with E-state index in [0.717, 1.165) is 17.0 Å². The summed E-state index contributed by atoms with van der Waals surface area (Å²) in [7, 11) is 0. The van der Waals surface area contributed by atoms with E-state index >= 15 is 0 Å². The molecule has 0 spiro atoms. The molecule has 0 saturated carbocycles. The molecular formula is C22H18FN3O4. The SMILES string of the molecule is Cc1n[nH]c(C)c1-c1ccc(Cn2cc(OC(=O)O)c(=O)c3ccccc32)c(F)c1. The second kappa shape index (κ2) is 7.47. The number of aromatic amines is 1. The lowest BCUT2D eigenvalue weighted by Gasteiger charge is -2.14. The molecule has 4 aromatic rings. The number of ether oxygens (including phenoxy) is 1. The second-order valence-corrected chi connectivity index (χ2v) is 6.95. The van der Waals surface area contributed by atoms with E-state index in [2.05, 4.69) is 14.9 Å². The summed E-state index contributed by atoms with van der Waals surface area (Å²) in [6.45, 7) is 3.81. The van der Waals surface area contributed by atoms with Crippen LogP contribution in [0.15, 0.2) is 53.5 Å². The van der Waals surface area contributed by atoms with Gasteiger partial charge in [-0.2, -0.15) is 5.10 Å². The van der Waals surface area contributed by atoms with Gasteiger partial charge in [-0.1, -0.05) is 24.3 Å². The molecule has 0 fully saturated rings.